The molecule has 11 heteroatoms. The minimum absolute atomic E-state index is 0.0262. The van der Waals surface area contributed by atoms with Crippen LogP contribution in [0, 0.1) is 0 Å². The lowest BCUT2D eigenvalue weighted by molar-refractivity contribution is -0.293. The number of hydrogen-bond donors (Lipinski definition) is 0. The number of esters is 4. The number of rotatable bonds is 13. The van der Waals surface area contributed by atoms with Crippen molar-refractivity contribution in [2.75, 3.05) is 12.5 Å². The van der Waals surface area contributed by atoms with Gasteiger partial charge < -0.3 is 28.4 Å². The number of thioether (sulfide) groups is 1. The molecule has 1 aliphatic heterocycles. The zero-order valence-electron chi connectivity index (χ0n) is 27.7. The Kier molecular flexibility index (Phi) is 12.4. The Balaban J connectivity index is 1.37. The van der Waals surface area contributed by atoms with Crippen LogP contribution in [0.25, 0.3) is 0 Å². The fourth-order valence-electron chi connectivity index (χ4n) is 5.35. The van der Waals surface area contributed by atoms with Crippen LogP contribution in [0.3, 0.4) is 0 Å². The summed E-state index contributed by atoms with van der Waals surface area (Å²) in [5.41, 5.74) is 0.889. The van der Waals surface area contributed by atoms with Gasteiger partial charge in [0, 0.05) is 4.90 Å². The zero-order valence-corrected chi connectivity index (χ0v) is 28.5. The second kappa shape index (κ2) is 18.0. The van der Waals surface area contributed by atoms with E-state index >= 15 is 0 Å². The average Bonchev–Trinajstić information content (AvgIpc) is 3.20. The first-order valence-electron chi connectivity index (χ1n) is 16.4. The molecule has 52 heavy (non-hydrogen) atoms. The highest BCUT2D eigenvalue weighted by atomic mass is 32.2. The van der Waals surface area contributed by atoms with Gasteiger partial charge in [0.05, 0.1) is 22.3 Å². The van der Waals surface area contributed by atoms with E-state index in [-0.39, 0.29) is 28.2 Å². The lowest BCUT2D eigenvalue weighted by atomic mass is 9.97. The summed E-state index contributed by atoms with van der Waals surface area (Å²) in [5, 5.41) is 0. The molecule has 0 radical (unpaired) electrons. The largest absolute Gasteiger partial charge is 0.459 e. The molecule has 1 aliphatic rings. The van der Waals surface area contributed by atoms with Gasteiger partial charge in [-0.25, -0.2) is 19.2 Å². The van der Waals surface area contributed by atoms with E-state index in [0.717, 1.165) is 4.90 Å². The molecule has 1 saturated heterocycles. The summed E-state index contributed by atoms with van der Waals surface area (Å²) >= 11 is 1.35. The van der Waals surface area contributed by atoms with E-state index in [1.807, 2.05) is 30.3 Å². The molecule has 0 N–H and O–H groups in total. The Morgan fingerprint density at radius 2 is 0.865 bits per heavy atom. The molecule has 6 rings (SSSR count). The highest BCUT2D eigenvalue weighted by Crippen LogP contribution is 2.33. The van der Waals surface area contributed by atoms with Crippen LogP contribution in [-0.4, -0.2) is 67.1 Å². The summed E-state index contributed by atoms with van der Waals surface area (Å²) in [7, 11) is 0. The fourth-order valence-corrected chi connectivity index (χ4v) is 6.04. The van der Waals surface area contributed by atoms with E-state index in [2.05, 4.69) is 0 Å². The Labute approximate surface area is 304 Å². The predicted molar refractivity (Wildman–Crippen MR) is 191 cm³/mol. The summed E-state index contributed by atoms with van der Waals surface area (Å²) in [6.45, 7) is -0.440. The van der Waals surface area contributed by atoms with Gasteiger partial charge in [-0.05, 0) is 60.7 Å². The molecule has 0 spiro atoms. The normalized spacial score (nSPS) is 19.5. The van der Waals surface area contributed by atoms with Crippen LogP contribution in [-0.2, 0) is 28.4 Å². The van der Waals surface area contributed by atoms with Gasteiger partial charge in [0.1, 0.15) is 18.6 Å². The summed E-state index contributed by atoms with van der Waals surface area (Å²) in [6.07, 6.45) is -7.00. The molecule has 0 saturated carbocycles. The van der Waals surface area contributed by atoms with Crippen LogP contribution < -0.4 is 0 Å². The van der Waals surface area contributed by atoms with E-state index in [0.29, 0.717) is 0 Å². The van der Waals surface area contributed by atoms with Crippen LogP contribution in [0.2, 0.25) is 0 Å². The minimum atomic E-state index is -1.49. The van der Waals surface area contributed by atoms with E-state index < -0.39 is 61.2 Å². The third kappa shape index (κ3) is 9.52. The summed E-state index contributed by atoms with van der Waals surface area (Å²) in [5.74, 6) is -2.96. The first kappa shape index (κ1) is 36.1. The maximum atomic E-state index is 13.7. The van der Waals surface area contributed by atoms with Crippen molar-refractivity contribution >= 4 is 35.6 Å². The molecule has 0 bridgehead atoms. The predicted octanol–water partition coefficient (Wildman–Crippen LogP) is 7.01. The highest BCUT2D eigenvalue weighted by molar-refractivity contribution is 7.99. The van der Waals surface area contributed by atoms with E-state index in [1.165, 1.54) is 11.8 Å². The molecule has 5 aromatic rings. The van der Waals surface area contributed by atoms with Crippen LogP contribution >= 0.6 is 11.8 Å². The number of carbonyl (C=O) groups is 4. The number of carbonyl (C=O) groups excluding carboxylic acids is 4. The summed E-state index contributed by atoms with van der Waals surface area (Å²) < 4.78 is 36.4. The first-order chi connectivity index (χ1) is 25.5. The molecule has 0 aromatic heterocycles. The summed E-state index contributed by atoms with van der Waals surface area (Å²) in [6, 6.07) is 42.4. The Morgan fingerprint density at radius 3 is 1.33 bits per heavy atom. The van der Waals surface area contributed by atoms with Gasteiger partial charge in [-0.3, -0.25) is 0 Å². The standard InChI is InChI=1S/C41H34O10S/c42-37(28-16-6-1-7-17-28)46-26-33-34(49-38(43)29-18-8-2-9-19-29)35(50-39(44)30-20-10-3-11-21-30)36(51-40(45)31-22-12-4-13-23-31)41(48-33)47-27-52-32-24-14-5-15-25-32/h1-25,33-36,41H,26-27H2/t33?,34-,35?,36?,41+/m1/s1. The second-order valence-corrected chi connectivity index (χ2v) is 12.5. The molecule has 1 heterocycles. The Bertz CT molecular complexity index is 1910. The Morgan fingerprint density at radius 1 is 0.481 bits per heavy atom. The third-order valence-electron chi connectivity index (χ3n) is 7.94. The maximum absolute atomic E-state index is 13.7. The summed E-state index contributed by atoms with van der Waals surface area (Å²) in [4.78, 5) is 54.9. The van der Waals surface area contributed by atoms with Gasteiger partial charge in [-0.15, -0.1) is 0 Å². The lowest BCUT2D eigenvalue weighted by Gasteiger charge is -2.44. The molecule has 0 amide bonds. The highest BCUT2D eigenvalue weighted by Gasteiger charge is 2.53. The Hall–Kier alpha value is -5.75. The van der Waals surface area contributed by atoms with Crippen molar-refractivity contribution in [3.05, 3.63) is 174 Å². The van der Waals surface area contributed by atoms with Gasteiger partial charge >= 0.3 is 23.9 Å². The first-order valence-corrected chi connectivity index (χ1v) is 17.4. The van der Waals surface area contributed by atoms with Crippen LogP contribution in [0.4, 0.5) is 0 Å². The van der Waals surface area contributed by atoms with E-state index in [9.17, 15) is 19.2 Å². The van der Waals surface area contributed by atoms with E-state index in [4.69, 9.17) is 28.4 Å². The zero-order chi connectivity index (χ0) is 36.1. The minimum Gasteiger partial charge on any atom is -0.459 e. The topological polar surface area (TPSA) is 124 Å². The fraction of sp³-hybridized carbons (Fsp3) is 0.171. The van der Waals surface area contributed by atoms with Crippen molar-refractivity contribution in [3.8, 4) is 0 Å². The smallest absolute Gasteiger partial charge is 0.338 e. The molecule has 5 atom stereocenters. The third-order valence-corrected chi connectivity index (χ3v) is 8.80. The molecule has 0 aliphatic carbocycles. The number of benzene rings is 5. The molecule has 3 unspecified atom stereocenters. The quantitative estimate of drug-likeness (QED) is 0.0541. The SMILES string of the molecule is O=C(OCC1O[C@H](OCSc2ccccc2)C(OC(=O)c2ccccc2)C(OC(=O)c2ccccc2)[C@@H]1OC(=O)c1ccccc1)c1ccccc1. The van der Waals surface area contributed by atoms with Crippen LogP contribution in [0.1, 0.15) is 41.4 Å². The lowest BCUT2D eigenvalue weighted by Crippen LogP contribution is -2.63. The average molecular weight is 719 g/mol. The monoisotopic (exact) mass is 718 g/mol. The van der Waals surface area contributed by atoms with Crippen molar-refractivity contribution in [3.63, 3.8) is 0 Å². The van der Waals surface area contributed by atoms with Crippen LogP contribution in [0.15, 0.2) is 157 Å². The van der Waals surface area contributed by atoms with E-state index in [1.54, 1.807) is 121 Å². The maximum Gasteiger partial charge on any atom is 0.338 e. The van der Waals surface area contributed by atoms with Crippen molar-refractivity contribution in [2.45, 2.75) is 35.6 Å². The molecular formula is C41H34O10S. The molecule has 10 nitrogen and oxygen atoms in total. The number of hydrogen-bond acceptors (Lipinski definition) is 11. The van der Waals surface area contributed by atoms with Gasteiger partial charge in [0.15, 0.2) is 24.6 Å². The van der Waals surface area contributed by atoms with Gasteiger partial charge in [-0.2, -0.15) is 0 Å². The van der Waals surface area contributed by atoms with Crippen molar-refractivity contribution in [1.82, 2.24) is 0 Å². The van der Waals surface area contributed by atoms with Gasteiger partial charge in [0.2, 0.25) is 0 Å². The van der Waals surface area contributed by atoms with Gasteiger partial charge in [0.25, 0.3) is 0 Å². The van der Waals surface area contributed by atoms with Crippen molar-refractivity contribution < 1.29 is 47.6 Å². The molecule has 5 aromatic carbocycles. The number of ether oxygens (including phenoxy) is 6. The second-order valence-electron chi connectivity index (χ2n) is 11.5. The van der Waals surface area contributed by atoms with Gasteiger partial charge in [-0.1, -0.05) is 103 Å². The van der Waals surface area contributed by atoms with Crippen molar-refractivity contribution in [2.24, 2.45) is 0 Å². The molecule has 264 valence electrons. The molecular weight excluding hydrogens is 685 g/mol. The van der Waals surface area contributed by atoms with Crippen molar-refractivity contribution in [1.29, 1.82) is 0 Å². The molecule has 1 fully saturated rings. The van der Waals surface area contributed by atoms with Crippen LogP contribution in [0.5, 0.6) is 0 Å².